The Balaban J connectivity index is 1.86. The van der Waals surface area contributed by atoms with Gasteiger partial charge in [0.1, 0.15) is 5.69 Å². The summed E-state index contributed by atoms with van der Waals surface area (Å²) >= 11 is 0. The maximum absolute atomic E-state index is 13.2. The SMILES string of the molecule is Cc1nn(C)c(C)c1-c1cc(C(=O)Nc2ccccc2[N+](=O)[O-])c2ccccc2n1. The van der Waals surface area contributed by atoms with Gasteiger partial charge in [-0.1, -0.05) is 30.3 Å². The predicted molar refractivity (Wildman–Crippen MR) is 114 cm³/mol. The van der Waals surface area contributed by atoms with E-state index < -0.39 is 10.8 Å². The van der Waals surface area contributed by atoms with Crippen LogP contribution in [0.4, 0.5) is 11.4 Å². The second kappa shape index (κ2) is 7.40. The molecular formula is C22H19N5O3. The van der Waals surface area contributed by atoms with Crippen molar-refractivity contribution >= 4 is 28.2 Å². The van der Waals surface area contributed by atoms with Crippen molar-refractivity contribution in [2.45, 2.75) is 13.8 Å². The van der Waals surface area contributed by atoms with Gasteiger partial charge in [-0.15, -0.1) is 0 Å². The Kier molecular flexibility index (Phi) is 4.75. The number of nitro benzene ring substituents is 1. The summed E-state index contributed by atoms with van der Waals surface area (Å²) < 4.78 is 1.77. The lowest BCUT2D eigenvalue weighted by Crippen LogP contribution is -2.14. The second-order valence-corrected chi connectivity index (χ2v) is 6.97. The normalized spacial score (nSPS) is 10.9. The molecule has 0 radical (unpaired) electrons. The predicted octanol–water partition coefficient (Wildman–Crippen LogP) is 4.41. The van der Waals surface area contributed by atoms with Crippen LogP contribution in [0.5, 0.6) is 0 Å². The molecule has 2 aromatic carbocycles. The zero-order chi connectivity index (χ0) is 21.4. The summed E-state index contributed by atoms with van der Waals surface area (Å²) in [5.74, 6) is -0.441. The number of aryl methyl sites for hydroxylation is 2. The van der Waals surface area contributed by atoms with E-state index in [1.54, 1.807) is 22.9 Å². The van der Waals surface area contributed by atoms with Gasteiger partial charge in [-0.25, -0.2) is 4.98 Å². The van der Waals surface area contributed by atoms with Crippen LogP contribution in [-0.4, -0.2) is 25.6 Å². The summed E-state index contributed by atoms with van der Waals surface area (Å²) in [5, 5.41) is 19.1. The smallest absolute Gasteiger partial charge is 0.292 e. The fourth-order valence-electron chi connectivity index (χ4n) is 3.56. The van der Waals surface area contributed by atoms with Crippen molar-refractivity contribution < 1.29 is 9.72 Å². The quantitative estimate of drug-likeness (QED) is 0.403. The van der Waals surface area contributed by atoms with E-state index >= 15 is 0 Å². The van der Waals surface area contributed by atoms with Crippen LogP contribution >= 0.6 is 0 Å². The third kappa shape index (κ3) is 3.28. The van der Waals surface area contributed by atoms with Crippen LogP contribution in [0.25, 0.3) is 22.2 Å². The van der Waals surface area contributed by atoms with Gasteiger partial charge < -0.3 is 5.32 Å². The first kappa shape index (κ1) is 19.3. The minimum Gasteiger partial charge on any atom is -0.316 e. The van der Waals surface area contributed by atoms with Gasteiger partial charge in [0.25, 0.3) is 11.6 Å². The number of amides is 1. The van der Waals surface area contributed by atoms with E-state index in [9.17, 15) is 14.9 Å². The Bertz CT molecular complexity index is 1310. The molecule has 0 saturated heterocycles. The molecule has 2 heterocycles. The number of rotatable bonds is 4. The van der Waals surface area contributed by atoms with Gasteiger partial charge in [-0.3, -0.25) is 19.6 Å². The van der Waals surface area contributed by atoms with E-state index in [2.05, 4.69) is 10.4 Å². The number of para-hydroxylation sites is 3. The minimum atomic E-state index is -0.520. The molecule has 4 aromatic rings. The average molecular weight is 401 g/mol. The number of hydrogen-bond acceptors (Lipinski definition) is 5. The van der Waals surface area contributed by atoms with Crippen molar-refractivity contribution in [2.75, 3.05) is 5.32 Å². The van der Waals surface area contributed by atoms with Crippen molar-refractivity contribution in [1.29, 1.82) is 0 Å². The number of fused-ring (bicyclic) bond motifs is 1. The zero-order valence-corrected chi connectivity index (χ0v) is 16.7. The molecule has 8 heteroatoms. The second-order valence-electron chi connectivity index (χ2n) is 6.97. The number of benzene rings is 2. The molecule has 0 bridgehead atoms. The molecular weight excluding hydrogens is 382 g/mol. The fraction of sp³-hybridized carbons (Fsp3) is 0.136. The van der Waals surface area contributed by atoms with Gasteiger partial charge in [0.05, 0.1) is 27.4 Å². The molecule has 0 aliphatic heterocycles. The summed E-state index contributed by atoms with van der Waals surface area (Å²) in [6.07, 6.45) is 0. The maximum Gasteiger partial charge on any atom is 0.292 e. The molecule has 0 fully saturated rings. The Morgan fingerprint density at radius 2 is 1.80 bits per heavy atom. The number of hydrogen-bond donors (Lipinski definition) is 1. The van der Waals surface area contributed by atoms with Gasteiger partial charge in [0.15, 0.2) is 0 Å². The number of anilines is 1. The van der Waals surface area contributed by atoms with Crippen LogP contribution in [0.2, 0.25) is 0 Å². The van der Waals surface area contributed by atoms with Crippen molar-refractivity contribution in [2.24, 2.45) is 7.05 Å². The van der Waals surface area contributed by atoms with Crippen molar-refractivity contribution in [3.63, 3.8) is 0 Å². The lowest BCUT2D eigenvalue weighted by molar-refractivity contribution is -0.383. The Morgan fingerprint density at radius 3 is 2.50 bits per heavy atom. The molecule has 2 aromatic heterocycles. The molecule has 0 saturated carbocycles. The minimum absolute atomic E-state index is 0.142. The van der Waals surface area contributed by atoms with Crippen LogP contribution in [0.15, 0.2) is 54.6 Å². The number of carbonyl (C=O) groups is 1. The van der Waals surface area contributed by atoms with Gasteiger partial charge in [0, 0.05) is 29.8 Å². The molecule has 0 aliphatic rings. The highest BCUT2D eigenvalue weighted by atomic mass is 16.6. The van der Waals surface area contributed by atoms with Crippen molar-refractivity contribution in [3.05, 3.63) is 81.7 Å². The van der Waals surface area contributed by atoms with Crippen LogP contribution in [0.1, 0.15) is 21.7 Å². The summed E-state index contributed by atoms with van der Waals surface area (Å²) in [6, 6.07) is 15.1. The van der Waals surface area contributed by atoms with E-state index in [1.807, 2.05) is 45.2 Å². The molecule has 8 nitrogen and oxygen atoms in total. The third-order valence-electron chi connectivity index (χ3n) is 5.07. The van der Waals surface area contributed by atoms with E-state index in [4.69, 9.17) is 4.98 Å². The Hall–Kier alpha value is -4.07. The monoisotopic (exact) mass is 401 g/mol. The number of carbonyl (C=O) groups excluding carboxylic acids is 1. The van der Waals surface area contributed by atoms with E-state index in [0.29, 0.717) is 22.2 Å². The Labute approximate surface area is 172 Å². The first-order valence-electron chi connectivity index (χ1n) is 9.32. The summed E-state index contributed by atoms with van der Waals surface area (Å²) in [5.41, 5.74) is 4.25. The molecule has 0 atom stereocenters. The number of pyridine rings is 1. The van der Waals surface area contributed by atoms with Gasteiger partial charge in [-0.05, 0) is 32.0 Å². The molecule has 0 unspecified atom stereocenters. The van der Waals surface area contributed by atoms with Gasteiger partial charge in [0.2, 0.25) is 0 Å². The standard InChI is InChI=1S/C22H19N5O3/c1-13-21(14(2)26(3)25-13)19-12-16(15-8-4-5-9-17(15)23-19)22(28)24-18-10-6-7-11-20(18)27(29)30/h4-12H,1-3H3,(H,24,28). The number of nitrogens with zero attached hydrogens (tertiary/aromatic N) is 4. The first-order chi connectivity index (χ1) is 14.4. The molecule has 1 amide bonds. The highest BCUT2D eigenvalue weighted by molar-refractivity contribution is 6.13. The largest absolute Gasteiger partial charge is 0.316 e. The first-order valence-corrected chi connectivity index (χ1v) is 9.32. The van der Waals surface area contributed by atoms with E-state index in [1.165, 1.54) is 12.1 Å². The van der Waals surface area contributed by atoms with Crippen molar-refractivity contribution in [3.8, 4) is 11.3 Å². The summed E-state index contributed by atoms with van der Waals surface area (Å²) in [4.78, 5) is 28.7. The summed E-state index contributed by atoms with van der Waals surface area (Å²) in [7, 11) is 1.86. The molecule has 4 rings (SSSR count). The lowest BCUT2D eigenvalue weighted by atomic mass is 10.0. The lowest BCUT2D eigenvalue weighted by Gasteiger charge is -2.11. The molecule has 1 N–H and O–H groups in total. The topological polar surface area (TPSA) is 103 Å². The molecule has 0 aliphatic carbocycles. The highest BCUT2D eigenvalue weighted by Crippen LogP contribution is 2.30. The number of nitrogens with one attached hydrogen (secondary N) is 1. The van der Waals surface area contributed by atoms with E-state index in [0.717, 1.165) is 17.0 Å². The number of aromatic nitrogens is 3. The highest BCUT2D eigenvalue weighted by Gasteiger charge is 2.20. The van der Waals surface area contributed by atoms with Crippen molar-refractivity contribution in [1.82, 2.24) is 14.8 Å². The average Bonchev–Trinajstić information content (AvgIpc) is 2.98. The maximum atomic E-state index is 13.2. The molecule has 0 spiro atoms. The van der Waals surface area contributed by atoms with Gasteiger partial charge in [-0.2, -0.15) is 5.10 Å². The molecule has 30 heavy (non-hydrogen) atoms. The van der Waals surface area contributed by atoms with Crippen LogP contribution in [0, 0.1) is 24.0 Å². The fourth-order valence-corrected chi connectivity index (χ4v) is 3.56. The van der Waals surface area contributed by atoms with Crippen LogP contribution in [0.3, 0.4) is 0 Å². The number of nitro groups is 1. The summed E-state index contributed by atoms with van der Waals surface area (Å²) in [6.45, 7) is 3.84. The van der Waals surface area contributed by atoms with Crippen LogP contribution < -0.4 is 5.32 Å². The molecule has 150 valence electrons. The van der Waals surface area contributed by atoms with E-state index in [-0.39, 0.29) is 11.4 Å². The zero-order valence-electron chi connectivity index (χ0n) is 16.7. The Morgan fingerprint density at radius 1 is 1.10 bits per heavy atom. The van der Waals surface area contributed by atoms with Crippen LogP contribution in [-0.2, 0) is 7.05 Å². The van der Waals surface area contributed by atoms with Gasteiger partial charge >= 0.3 is 0 Å². The third-order valence-corrected chi connectivity index (χ3v) is 5.07.